The second-order valence-corrected chi connectivity index (χ2v) is 4.23. The molecule has 0 atom stereocenters. The number of fused-ring (bicyclic) bond motifs is 1. The molecule has 0 bridgehead atoms. The number of thiazole rings is 1. The van der Waals surface area contributed by atoms with Gasteiger partial charge in [-0.25, -0.2) is 0 Å². The maximum absolute atomic E-state index is 12.0. The summed E-state index contributed by atoms with van der Waals surface area (Å²) in [4.78, 5) is 16.4. The van der Waals surface area contributed by atoms with E-state index >= 15 is 0 Å². The van der Waals surface area contributed by atoms with Crippen LogP contribution in [0.2, 0.25) is 0 Å². The Kier molecular flexibility index (Phi) is 2.08. The number of benzene rings is 1. The summed E-state index contributed by atoms with van der Waals surface area (Å²) in [6.45, 7) is 0. The summed E-state index contributed by atoms with van der Waals surface area (Å²) in [5.41, 5.74) is 2.37. The molecule has 0 aliphatic carbocycles. The molecule has 0 aliphatic rings. The number of carbonyl (C=O) groups is 1. The molecule has 0 N–H and O–H groups in total. The van der Waals surface area contributed by atoms with Crippen molar-refractivity contribution in [1.82, 2.24) is 4.98 Å². The third kappa shape index (κ3) is 1.44. The summed E-state index contributed by atoms with van der Waals surface area (Å²) < 4.78 is 5.48. The van der Waals surface area contributed by atoms with E-state index in [0.717, 1.165) is 11.0 Å². The number of ketones is 1. The molecular weight excluding hydrogens is 222 g/mol. The Morgan fingerprint density at radius 3 is 2.94 bits per heavy atom. The smallest absolute Gasteiger partial charge is 0.239 e. The fourth-order valence-corrected chi connectivity index (χ4v) is 2.11. The zero-order valence-electron chi connectivity index (χ0n) is 8.21. The first-order valence-corrected chi connectivity index (χ1v) is 5.64. The van der Waals surface area contributed by atoms with Crippen molar-refractivity contribution in [3.8, 4) is 0 Å². The maximum Gasteiger partial charge on any atom is 0.239 e. The Hall–Kier alpha value is -1.94. The van der Waals surface area contributed by atoms with Crippen molar-refractivity contribution in [3.63, 3.8) is 0 Å². The van der Waals surface area contributed by atoms with Gasteiger partial charge in [0.2, 0.25) is 5.78 Å². The molecule has 0 radical (unpaired) electrons. The highest BCUT2D eigenvalue weighted by atomic mass is 32.1. The van der Waals surface area contributed by atoms with Crippen LogP contribution in [0.5, 0.6) is 0 Å². The third-order valence-electron chi connectivity index (χ3n) is 2.31. The molecule has 0 aliphatic heterocycles. The van der Waals surface area contributed by atoms with Crippen molar-refractivity contribution in [2.75, 3.05) is 0 Å². The Morgan fingerprint density at radius 1 is 1.31 bits per heavy atom. The zero-order valence-corrected chi connectivity index (χ0v) is 9.03. The Morgan fingerprint density at radius 2 is 2.19 bits per heavy atom. The van der Waals surface area contributed by atoms with Crippen LogP contribution in [-0.2, 0) is 0 Å². The quantitative estimate of drug-likeness (QED) is 0.634. The fraction of sp³-hybridized carbons (Fsp3) is 0. The number of carbonyl (C=O) groups excluding carboxylic acids is 1. The van der Waals surface area contributed by atoms with Gasteiger partial charge in [-0.05, 0) is 12.1 Å². The lowest BCUT2D eigenvalue weighted by Crippen LogP contribution is -1.95. The lowest BCUT2D eigenvalue weighted by atomic mass is 10.2. The van der Waals surface area contributed by atoms with Crippen molar-refractivity contribution in [3.05, 3.63) is 52.7 Å². The zero-order chi connectivity index (χ0) is 11.0. The SMILES string of the molecule is O=C(c1cc2ccccc2o1)c1cncs1. The van der Waals surface area contributed by atoms with Gasteiger partial charge in [0.15, 0.2) is 5.76 Å². The van der Waals surface area contributed by atoms with Crippen LogP contribution in [0.25, 0.3) is 11.0 Å². The van der Waals surface area contributed by atoms with Crippen LogP contribution in [0.3, 0.4) is 0 Å². The summed E-state index contributed by atoms with van der Waals surface area (Å²) in [7, 11) is 0. The average Bonchev–Trinajstić information content (AvgIpc) is 2.97. The predicted octanol–water partition coefficient (Wildman–Crippen LogP) is 3.12. The Balaban J connectivity index is 2.10. The molecule has 0 saturated heterocycles. The molecular formula is C12H7NO2S. The van der Waals surface area contributed by atoms with Crippen LogP contribution in [-0.4, -0.2) is 10.8 Å². The molecule has 4 heteroatoms. The summed E-state index contributed by atoms with van der Waals surface area (Å²) in [6.07, 6.45) is 1.56. The van der Waals surface area contributed by atoms with Crippen molar-refractivity contribution in [2.24, 2.45) is 0 Å². The van der Waals surface area contributed by atoms with Crippen LogP contribution >= 0.6 is 11.3 Å². The Labute approximate surface area is 95.4 Å². The Bertz CT molecular complexity index is 607. The lowest BCUT2D eigenvalue weighted by Gasteiger charge is -1.89. The number of nitrogens with zero attached hydrogens (tertiary/aromatic N) is 1. The number of rotatable bonds is 2. The highest BCUT2D eigenvalue weighted by molar-refractivity contribution is 7.11. The van der Waals surface area contributed by atoms with Gasteiger partial charge in [-0.15, -0.1) is 11.3 Å². The van der Waals surface area contributed by atoms with E-state index in [2.05, 4.69) is 4.98 Å². The fourth-order valence-electron chi connectivity index (χ4n) is 1.54. The number of hydrogen-bond donors (Lipinski definition) is 0. The highest BCUT2D eigenvalue weighted by Gasteiger charge is 2.15. The first-order valence-electron chi connectivity index (χ1n) is 4.76. The van der Waals surface area contributed by atoms with Crippen LogP contribution in [0.1, 0.15) is 15.4 Å². The minimum absolute atomic E-state index is 0.112. The van der Waals surface area contributed by atoms with Gasteiger partial charge in [0.05, 0.1) is 10.4 Å². The van der Waals surface area contributed by atoms with Gasteiger partial charge in [-0.2, -0.15) is 0 Å². The van der Waals surface area contributed by atoms with Crippen LogP contribution < -0.4 is 0 Å². The molecule has 78 valence electrons. The first kappa shape index (κ1) is 9.30. The van der Waals surface area contributed by atoms with Gasteiger partial charge in [0.25, 0.3) is 0 Å². The van der Waals surface area contributed by atoms with Crippen LogP contribution in [0.15, 0.2) is 46.5 Å². The molecule has 0 saturated carbocycles. The van der Waals surface area contributed by atoms with Crippen molar-refractivity contribution in [2.45, 2.75) is 0 Å². The second kappa shape index (κ2) is 3.57. The van der Waals surface area contributed by atoms with E-state index in [1.165, 1.54) is 11.3 Å². The monoisotopic (exact) mass is 229 g/mol. The topological polar surface area (TPSA) is 43.1 Å². The maximum atomic E-state index is 12.0. The summed E-state index contributed by atoms with van der Waals surface area (Å²) in [5.74, 6) is 0.254. The predicted molar refractivity (Wildman–Crippen MR) is 61.8 cm³/mol. The van der Waals surface area contributed by atoms with E-state index in [1.807, 2.05) is 24.3 Å². The third-order valence-corrected chi connectivity index (χ3v) is 3.08. The highest BCUT2D eigenvalue weighted by Crippen LogP contribution is 2.22. The standard InChI is InChI=1S/C12H7NO2S/c14-12(11-6-13-7-16-11)10-5-8-3-1-2-4-9(8)15-10/h1-7H. The molecule has 16 heavy (non-hydrogen) atoms. The van der Waals surface area contributed by atoms with Gasteiger partial charge < -0.3 is 4.42 Å². The van der Waals surface area contributed by atoms with E-state index in [4.69, 9.17) is 4.42 Å². The van der Waals surface area contributed by atoms with E-state index in [-0.39, 0.29) is 5.78 Å². The largest absolute Gasteiger partial charge is 0.453 e. The first-order chi connectivity index (χ1) is 7.84. The van der Waals surface area contributed by atoms with E-state index in [1.54, 1.807) is 17.8 Å². The van der Waals surface area contributed by atoms with Crippen LogP contribution in [0.4, 0.5) is 0 Å². The molecule has 0 spiro atoms. The van der Waals surface area contributed by atoms with E-state index in [9.17, 15) is 4.79 Å². The van der Waals surface area contributed by atoms with Gasteiger partial charge in [-0.1, -0.05) is 18.2 Å². The molecule has 0 amide bonds. The summed E-state index contributed by atoms with van der Waals surface area (Å²) >= 11 is 1.32. The molecule has 3 rings (SSSR count). The van der Waals surface area contributed by atoms with Crippen molar-refractivity contribution < 1.29 is 9.21 Å². The summed E-state index contributed by atoms with van der Waals surface area (Å²) in [6, 6.07) is 9.32. The van der Waals surface area contributed by atoms with Gasteiger partial charge >= 0.3 is 0 Å². The minimum atomic E-state index is -0.112. The molecule has 3 aromatic rings. The molecule has 3 nitrogen and oxygen atoms in total. The van der Waals surface area contributed by atoms with Gasteiger partial charge in [-0.3, -0.25) is 9.78 Å². The normalized spacial score (nSPS) is 10.8. The van der Waals surface area contributed by atoms with Crippen molar-refractivity contribution >= 4 is 28.1 Å². The van der Waals surface area contributed by atoms with E-state index in [0.29, 0.717) is 10.6 Å². The molecule has 1 aromatic carbocycles. The van der Waals surface area contributed by atoms with Crippen molar-refractivity contribution in [1.29, 1.82) is 0 Å². The second-order valence-electron chi connectivity index (χ2n) is 3.34. The molecule has 0 fully saturated rings. The number of aromatic nitrogens is 1. The summed E-state index contributed by atoms with van der Waals surface area (Å²) in [5, 5.41) is 0.940. The lowest BCUT2D eigenvalue weighted by molar-refractivity contribution is 0.101. The average molecular weight is 229 g/mol. The number of furan rings is 1. The van der Waals surface area contributed by atoms with E-state index < -0.39 is 0 Å². The molecule has 2 aromatic heterocycles. The molecule has 0 unspecified atom stereocenters. The number of para-hydroxylation sites is 1. The minimum Gasteiger partial charge on any atom is -0.453 e. The van der Waals surface area contributed by atoms with Crippen LogP contribution in [0, 0.1) is 0 Å². The number of hydrogen-bond acceptors (Lipinski definition) is 4. The van der Waals surface area contributed by atoms with Gasteiger partial charge in [0, 0.05) is 11.6 Å². The van der Waals surface area contributed by atoms with Gasteiger partial charge in [0.1, 0.15) is 5.58 Å². The molecule has 2 heterocycles.